The molecule has 0 saturated carbocycles. The van der Waals surface area contributed by atoms with Gasteiger partial charge in [0.1, 0.15) is 0 Å². The Morgan fingerprint density at radius 1 is 1.27 bits per heavy atom. The molecule has 1 amide bonds. The highest BCUT2D eigenvalue weighted by Gasteiger charge is 2.04. The molecule has 0 aliphatic rings. The van der Waals surface area contributed by atoms with E-state index in [0.29, 0.717) is 12.5 Å². The second-order valence-electron chi connectivity index (χ2n) is 4.47. The van der Waals surface area contributed by atoms with E-state index in [4.69, 9.17) is 0 Å². The number of carbonyl (C=O) groups is 1. The van der Waals surface area contributed by atoms with Gasteiger partial charge in [-0.1, -0.05) is 19.8 Å². The summed E-state index contributed by atoms with van der Waals surface area (Å²) in [6.45, 7) is 9.12. The molecule has 3 heteroatoms. The maximum Gasteiger partial charge on any atom is 0.221 e. The molecule has 0 bridgehead atoms. The lowest BCUT2D eigenvalue weighted by atomic mass is 10.1. The van der Waals surface area contributed by atoms with E-state index in [1.54, 1.807) is 0 Å². The van der Waals surface area contributed by atoms with E-state index in [1.165, 1.54) is 19.3 Å². The molecular formula is C12H26N2O. The third kappa shape index (κ3) is 9.73. The zero-order chi connectivity index (χ0) is 11.7. The summed E-state index contributed by atoms with van der Waals surface area (Å²) in [5.74, 6) is 0.139. The third-order valence-electron chi connectivity index (χ3n) is 2.29. The van der Waals surface area contributed by atoms with Gasteiger partial charge in [-0.2, -0.15) is 0 Å². The zero-order valence-electron chi connectivity index (χ0n) is 10.6. The van der Waals surface area contributed by atoms with Crippen LogP contribution in [0, 0.1) is 0 Å². The molecule has 0 aromatic rings. The lowest BCUT2D eigenvalue weighted by Crippen LogP contribution is -2.34. The molecule has 1 unspecified atom stereocenters. The smallest absolute Gasteiger partial charge is 0.221 e. The van der Waals surface area contributed by atoms with Gasteiger partial charge in [0.2, 0.25) is 5.91 Å². The van der Waals surface area contributed by atoms with Crippen molar-refractivity contribution in [3.63, 3.8) is 0 Å². The Labute approximate surface area is 94.0 Å². The Kier molecular flexibility index (Phi) is 8.38. The molecule has 0 rings (SSSR count). The summed E-state index contributed by atoms with van der Waals surface area (Å²) in [6.07, 6.45) is 4.27. The van der Waals surface area contributed by atoms with Crippen molar-refractivity contribution in [3.8, 4) is 0 Å². The fraction of sp³-hybridized carbons (Fsp3) is 0.917. The number of carbonyl (C=O) groups excluding carboxylic acids is 1. The van der Waals surface area contributed by atoms with E-state index in [0.717, 1.165) is 6.54 Å². The van der Waals surface area contributed by atoms with Crippen molar-refractivity contribution in [1.82, 2.24) is 10.6 Å². The third-order valence-corrected chi connectivity index (χ3v) is 2.29. The molecule has 0 aromatic heterocycles. The van der Waals surface area contributed by atoms with Gasteiger partial charge >= 0.3 is 0 Å². The summed E-state index contributed by atoms with van der Waals surface area (Å²) in [6, 6.07) is 0.770. The first-order valence-electron chi connectivity index (χ1n) is 6.09. The van der Waals surface area contributed by atoms with E-state index in [1.807, 2.05) is 13.8 Å². The topological polar surface area (TPSA) is 41.1 Å². The maximum atomic E-state index is 11.3. The lowest BCUT2D eigenvalue weighted by molar-refractivity contribution is -0.121. The number of unbranched alkanes of at least 4 members (excludes halogenated alkanes) is 1. The minimum absolute atomic E-state index is 0.139. The van der Waals surface area contributed by atoms with Crippen LogP contribution in [0.4, 0.5) is 0 Å². The average Bonchev–Trinajstić information content (AvgIpc) is 2.13. The van der Waals surface area contributed by atoms with Gasteiger partial charge in [0.05, 0.1) is 0 Å². The second kappa shape index (κ2) is 8.72. The number of rotatable bonds is 8. The first kappa shape index (κ1) is 14.4. The molecule has 0 aromatic carbocycles. The van der Waals surface area contributed by atoms with Crippen molar-refractivity contribution in [3.05, 3.63) is 0 Å². The molecule has 0 heterocycles. The van der Waals surface area contributed by atoms with Crippen LogP contribution in [0.25, 0.3) is 0 Å². The van der Waals surface area contributed by atoms with Gasteiger partial charge in [0.15, 0.2) is 0 Å². The van der Waals surface area contributed by atoms with E-state index >= 15 is 0 Å². The molecule has 0 spiro atoms. The van der Waals surface area contributed by atoms with Crippen molar-refractivity contribution in [2.45, 2.75) is 65.5 Å². The Bertz CT molecular complexity index is 169. The van der Waals surface area contributed by atoms with Crippen LogP contribution in [0.15, 0.2) is 0 Å². The van der Waals surface area contributed by atoms with Crippen molar-refractivity contribution in [1.29, 1.82) is 0 Å². The summed E-state index contributed by atoms with van der Waals surface area (Å²) in [4.78, 5) is 11.3. The van der Waals surface area contributed by atoms with Crippen LogP contribution in [0.3, 0.4) is 0 Å². The van der Waals surface area contributed by atoms with E-state index < -0.39 is 0 Å². The molecule has 2 N–H and O–H groups in total. The quantitative estimate of drug-likeness (QED) is 0.649. The van der Waals surface area contributed by atoms with E-state index in [2.05, 4.69) is 24.5 Å². The Hall–Kier alpha value is -0.570. The van der Waals surface area contributed by atoms with Gasteiger partial charge in [-0.15, -0.1) is 0 Å². The van der Waals surface area contributed by atoms with Crippen molar-refractivity contribution in [2.24, 2.45) is 0 Å². The highest BCUT2D eigenvalue weighted by Crippen LogP contribution is 1.99. The number of hydrogen-bond donors (Lipinski definition) is 2. The van der Waals surface area contributed by atoms with Crippen LogP contribution >= 0.6 is 0 Å². The minimum Gasteiger partial charge on any atom is -0.354 e. The number of nitrogens with one attached hydrogen (secondary N) is 2. The van der Waals surface area contributed by atoms with Gasteiger partial charge in [-0.05, 0) is 27.2 Å². The van der Waals surface area contributed by atoms with E-state index in [-0.39, 0.29) is 11.9 Å². The van der Waals surface area contributed by atoms with Crippen molar-refractivity contribution >= 4 is 5.91 Å². The fourth-order valence-corrected chi connectivity index (χ4v) is 1.44. The molecule has 15 heavy (non-hydrogen) atoms. The Balaban J connectivity index is 3.40. The highest BCUT2D eigenvalue weighted by molar-refractivity contribution is 5.76. The predicted octanol–water partition coefficient (Wildman–Crippen LogP) is 2.07. The summed E-state index contributed by atoms with van der Waals surface area (Å²) >= 11 is 0. The summed E-state index contributed by atoms with van der Waals surface area (Å²) in [5.41, 5.74) is 0. The zero-order valence-corrected chi connectivity index (χ0v) is 10.6. The average molecular weight is 214 g/mol. The maximum absolute atomic E-state index is 11.3. The summed E-state index contributed by atoms with van der Waals surface area (Å²) in [7, 11) is 0. The van der Waals surface area contributed by atoms with Gasteiger partial charge in [-0.3, -0.25) is 4.79 Å². The first-order chi connectivity index (χ1) is 7.06. The van der Waals surface area contributed by atoms with Gasteiger partial charge in [0.25, 0.3) is 0 Å². The molecule has 90 valence electrons. The molecule has 0 radical (unpaired) electrons. The van der Waals surface area contributed by atoms with Gasteiger partial charge in [-0.25, -0.2) is 0 Å². The van der Waals surface area contributed by atoms with Crippen LogP contribution in [0.1, 0.15) is 53.4 Å². The number of amides is 1. The molecule has 3 nitrogen and oxygen atoms in total. The van der Waals surface area contributed by atoms with E-state index in [9.17, 15) is 4.79 Å². The van der Waals surface area contributed by atoms with Gasteiger partial charge in [0, 0.05) is 25.0 Å². The molecule has 0 saturated heterocycles. The van der Waals surface area contributed by atoms with Crippen LogP contribution in [0.2, 0.25) is 0 Å². The predicted molar refractivity (Wildman–Crippen MR) is 64.9 cm³/mol. The minimum atomic E-state index is 0.139. The van der Waals surface area contributed by atoms with Crippen LogP contribution in [0.5, 0.6) is 0 Å². The standard InChI is InChI=1S/C12H26N2O/c1-5-6-7-11(4)13-9-8-12(15)14-10(2)3/h10-11,13H,5-9H2,1-4H3,(H,14,15). The number of hydrogen-bond acceptors (Lipinski definition) is 2. The Morgan fingerprint density at radius 3 is 2.47 bits per heavy atom. The van der Waals surface area contributed by atoms with Crippen LogP contribution in [-0.2, 0) is 4.79 Å². The lowest BCUT2D eigenvalue weighted by Gasteiger charge is -2.13. The molecule has 0 aliphatic heterocycles. The molecular weight excluding hydrogens is 188 g/mol. The first-order valence-corrected chi connectivity index (χ1v) is 6.09. The monoisotopic (exact) mass is 214 g/mol. The summed E-state index contributed by atoms with van der Waals surface area (Å²) < 4.78 is 0. The molecule has 0 fully saturated rings. The second-order valence-corrected chi connectivity index (χ2v) is 4.47. The molecule has 0 aliphatic carbocycles. The Morgan fingerprint density at radius 2 is 1.93 bits per heavy atom. The van der Waals surface area contributed by atoms with Crippen molar-refractivity contribution in [2.75, 3.05) is 6.54 Å². The largest absolute Gasteiger partial charge is 0.354 e. The van der Waals surface area contributed by atoms with Crippen LogP contribution in [-0.4, -0.2) is 24.5 Å². The summed E-state index contributed by atoms with van der Waals surface area (Å²) in [5, 5.41) is 6.24. The highest BCUT2D eigenvalue weighted by atomic mass is 16.1. The van der Waals surface area contributed by atoms with Crippen molar-refractivity contribution < 1.29 is 4.79 Å². The van der Waals surface area contributed by atoms with Crippen LogP contribution < -0.4 is 10.6 Å². The normalized spacial score (nSPS) is 12.9. The fourth-order valence-electron chi connectivity index (χ4n) is 1.44. The van der Waals surface area contributed by atoms with Gasteiger partial charge < -0.3 is 10.6 Å². The SMILES string of the molecule is CCCCC(C)NCCC(=O)NC(C)C. The molecule has 1 atom stereocenters.